The van der Waals surface area contributed by atoms with Gasteiger partial charge in [0.1, 0.15) is 0 Å². The van der Waals surface area contributed by atoms with Crippen LogP contribution in [0.25, 0.3) is 33.3 Å². The molecule has 0 N–H and O–H groups in total. The Morgan fingerprint density at radius 1 is 1.08 bits per heavy atom. The van der Waals surface area contributed by atoms with Gasteiger partial charge in [-0.2, -0.15) is 0 Å². The Bertz CT molecular complexity index is 977. The largest absolute Gasteiger partial charge is 0.486 e. The Kier molecular flexibility index (Phi) is 4.79. The maximum absolute atomic E-state index is 6.08. The van der Waals surface area contributed by atoms with Crippen LogP contribution >= 0.6 is 0 Å². The minimum absolute atomic E-state index is 0. The van der Waals surface area contributed by atoms with Crippen molar-refractivity contribution in [3.8, 4) is 11.3 Å². The molecule has 0 atom stereocenters. The molecule has 0 aliphatic heterocycles. The second-order valence-electron chi connectivity index (χ2n) is 6.17. The number of nitrogens with zero attached hydrogens (tertiary/aromatic N) is 2. The molecule has 3 nitrogen and oxygen atoms in total. The second kappa shape index (κ2) is 6.84. The van der Waals surface area contributed by atoms with E-state index in [1.807, 2.05) is 30.3 Å². The number of hydrogen-bond acceptors (Lipinski definition) is 3. The minimum Gasteiger partial charge on any atom is -0.486 e. The summed E-state index contributed by atoms with van der Waals surface area (Å²) >= 11 is 0. The van der Waals surface area contributed by atoms with Crippen LogP contribution in [0.4, 0.5) is 0 Å². The van der Waals surface area contributed by atoms with Gasteiger partial charge in [-0.1, -0.05) is 36.9 Å². The number of hydrogen-bond donors (Lipinski definition) is 0. The molecule has 3 aromatic heterocycles. The Morgan fingerprint density at radius 3 is 2.71 bits per heavy atom. The molecule has 0 unspecified atom stereocenters. The van der Waals surface area contributed by atoms with E-state index in [0.717, 1.165) is 39.7 Å². The van der Waals surface area contributed by atoms with Gasteiger partial charge < -0.3 is 9.40 Å². The van der Waals surface area contributed by atoms with E-state index >= 15 is 0 Å². The van der Waals surface area contributed by atoms with Crippen molar-refractivity contribution >= 4 is 22.1 Å². The molecule has 123 valence electrons. The summed E-state index contributed by atoms with van der Waals surface area (Å²) in [4.78, 5) is 9.10. The Labute approximate surface area is 154 Å². The molecule has 0 aliphatic rings. The summed E-state index contributed by atoms with van der Waals surface area (Å²) in [7, 11) is 0. The zero-order chi connectivity index (χ0) is 15.8. The van der Waals surface area contributed by atoms with Crippen molar-refractivity contribution in [3.63, 3.8) is 0 Å². The number of furan rings is 1. The van der Waals surface area contributed by atoms with Crippen LogP contribution in [0.2, 0.25) is 0 Å². The molecule has 3 heterocycles. The maximum atomic E-state index is 6.08. The fraction of sp³-hybridized carbons (Fsp3) is 0.200. The summed E-state index contributed by atoms with van der Waals surface area (Å²) in [5.41, 5.74) is 4.30. The maximum Gasteiger partial charge on any atom is 0.216 e. The van der Waals surface area contributed by atoms with Crippen molar-refractivity contribution in [3.05, 3.63) is 60.4 Å². The summed E-state index contributed by atoms with van der Waals surface area (Å²) < 4.78 is 6.08. The first-order chi connectivity index (χ1) is 11.2. The summed E-state index contributed by atoms with van der Waals surface area (Å²) in [5, 5.41) is 2.10. The standard InChI is InChI=1S/C20H17N2O.Ir/c1-13(2)12-14-9-10-16-15-6-5-7-17(18-8-3-4-11-21-18)19(15)23-20(16)22-14;/h3-6,8-11,13H,12H2,1-2H3;/q-1;. The van der Waals surface area contributed by atoms with Crippen molar-refractivity contribution in [2.24, 2.45) is 5.92 Å². The van der Waals surface area contributed by atoms with Crippen molar-refractivity contribution in [2.75, 3.05) is 0 Å². The van der Waals surface area contributed by atoms with Crippen molar-refractivity contribution in [1.29, 1.82) is 0 Å². The smallest absolute Gasteiger partial charge is 0.216 e. The van der Waals surface area contributed by atoms with E-state index in [0.29, 0.717) is 11.6 Å². The first-order valence-electron chi connectivity index (χ1n) is 7.86. The van der Waals surface area contributed by atoms with E-state index in [9.17, 15) is 0 Å². The molecule has 4 aromatic rings. The summed E-state index contributed by atoms with van der Waals surface area (Å²) in [6.45, 7) is 4.39. The Hall–Kier alpha value is -2.03. The van der Waals surface area contributed by atoms with E-state index < -0.39 is 0 Å². The van der Waals surface area contributed by atoms with Gasteiger partial charge in [-0.25, -0.2) is 4.98 Å². The molecule has 4 heteroatoms. The van der Waals surface area contributed by atoms with Crippen LogP contribution in [-0.4, -0.2) is 9.97 Å². The first kappa shape index (κ1) is 16.8. The van der Waals surface area contributed by atoms with Crippen molar-refractivity contribution in [1.82, 2.24) is 9.97 Å². The van der Waals surface area contributed by atoms with Crippen LogP contribution in [-0.2, 0) is 26.5 Å². The molecule has 0 amide bonds. The average Bonchev–Trinajstić information content (AvgIpc) is 2.92. The van der Waals surface area contributed by atoms with E-state index in [-0.39, 0.29) is 20.1 Å². The van der Waals surface area contributed by atoms with Gasteiger partial charge in [-0.15, -0.1) is 18.2 Å². The monoisotopic (exact) mass is 494 g/mol. The fourth-order valence-electron chi connectivity index (χ4n) is 2.89. The predicted octanol–water partition coefficient (Wildman–Crippen LogP) is 5.04. The number of fused-ring (bicyclic) bond motifs is 3. The van der Waals surface area contributed by atoms with Gasteiger partial charge in [0.05, 0.1) is 5.58 Å². The zero-order valence-electron chi connectivity index (χ0n) is 13.5. The summed E-state index contributed by atoms with van der Waals surface area (Å²) in [6, 6.07) is 17.2. The van der Waals surface area contributed by atoms with Gasteiger partial charge in [-0.05, 0) is 36.2 Å². The molecule has 0 fully saturated rings. The van der Waals surface area contributed by atoms with E-state index in [1.165, 1.54) is 0 Å². The van der Waals surface area contributed by atoms with Crippen LogP contribution in [0.1, 0.15) is 19.5 Å². The van der Waals surface area contributed by atoms with Gasteiger partial charge in [0.25, 0.3) is 0 Å². The number of aromatic nitrogens is 2. The summed E-state index contributed by atoms with van der Waals surface area (Å²) in [6.07, 6.45) is 2.73. The number of benzene rings is 1. The Morgan fingerprint density at radius 2 is 1.96 bits per heavy atom. The van der Waals surface area contributed by atoms with Crippen LogP contribution in [0.3, 0.4) is 0 Å². The van der Waals surface area contributed by atoms with Crippen LogP contribution in [0.5, 0.6) is 0 Å². The Balaban J connectivity index is 0.00000169. The number of rotatable bonds is 3. The molecular formula is C20H17IrN2O-. The predicted molar refractivity (Wildman–Crippen MR) is 92.1 cm³/mol. The third kappa shape index (κ3) is 3.00. The zero-order valence-corrected chi connectivity index (χ0v) is 15.9. The molecule has 0 saturated carbocycles. The molecule has 4 rings (SSSR count). The van der Waals surface area contributed by atoms with E-state index in [2.05, 4.69) is 42.0 Å². The molecule has 0 bridgehead atoms. The molecule has 1 radical (unpaired) electrons. The van der Waals surface area contributed by atoms with Gasteiger partial charge in [0.15, 0.2) is 0 Å². The van der Waals surface area contributed by atoms with Crippen LogP contribution < -0.4 is 0 Å². The third-order valence-corrected chi connectivity index (χ3v) is 3.89. The molecule has 0 aliphatic carbocycles. The quantitative estimate of drug-likeness (QED) is 0.376. The van der Waals surface area contributed by atoms with Crippen LogP contribution in [0.15, 0.2) is 53.1 Å². The average molecular weight is 494 g/mol. The van der Waals surface area contributed by atoms with Gasteiger partial charge in [0.2, 0.25) is 5.71 Å². The van der Waals surface area contributed by atoms with E-state index in [1.54, 1.807) is 6.20 Å². The van der Waals surface area contributed by atoms with Crippen molar-refractivity contribution in [2.45, 2.75) is 20.3 Å². The molecule has 0 spiro atoms. The topological polar surface area (TPSA) is 38.9 Å². The van der Waals surface area contributed by atoms with Crippen LogP contribution in [0, 0.1) is 12.0 Å². The SMILES string of the molecule is CC(C)Cc1ccc2c(n1)oc1c(-c3ccccn3)[c-]ccc12.[Ir]. The second-order valence-corrected chi connectivity index (χ2v) is 6.17. The summed E-state index contributed by atoms with van der Waals surface area (Å²) in [5.74, 6) is 0.571. The molecule has 0 saturated heterocycles. The van der Waals surface area contributed by atoms with Gasteiger partial charge >= 0.3 is 0 Å². The van der Waals surface area contributed by atoms with Gasteiger partial charge in [-0.3, -0.25) is 0 Å². The molecule has 24 heavy (non-hydrogen) atoms. The van der Waals surface area contributed by atoms with Crippen molar-refractivity contribution < 1.29 is 24.5 Å². The number of pyridine rings is 2. The third-order valence-electron chi connectivity index (χ3n) is 3.89. The van der Waals surface area contributed by atoms with E-state index in [4.69, 9.17) is 4.42 Å². The van der Waals surface area contributed by atoms with Gasteiger partial charge in [0, 0.05) is 37.4 Å². The molecule has 1 aromatic carbocycles. The molecular weight excluding hydrogens is 476 g/mol. The minimum atomic E-state index is 0. The first-order valence-corrected chi connectivity index (χ1v) is 7.86. The normalized spacial score (nSPS) is 11.1. The fourth-order valence-corrected chi connectivity index (χ4v) is 2.89.